The molecule has 2 heterocycles. The zero-order chi connectivity index (χ0) is 31.5. The van der Waals surface area contributed by atoms with Crippen molar-refractivity contribution in [2.24, 2.45) is 0 Å². The minimum Gasteiger partial charge on any atom is -0.508 e. The topological polar surface area (TPSA) is 76.6 Å². The maximum absolute atomic E-state index is 13.8. The van der Waals surface area contributed by atoms with Crippen molar-refractivity contribution in [3.8, 4) is 5.75 Å². The van der Waals surface area contributed by atoms with Crippen LogP contribution in [0, 0.1) is 0 Å². The SMILES string of the molecule is C=CCN1C[C@H](C)N(C(c2cccc(O)c2)c2cccc(C(=O)N3CCCN(CCCCCC(=O)OCC)CC3)c2)C[C@H]1C. The molecule has 2 aromatic rings. The summed E-state index contributed by atoms with van der Waals surface area (Å²) >= 11 is 0. The molecule has 3 atom stereocenters. The average Bonchev–Trinajstić information content (AvgIpc) is 3.25. The van der Waals surface area contributed by atoms with Gasteiger partial charge in [0.25, 0.3) is 5.91 Å². The lowest BCUT2D eigenvalue weighted by Crippen LogP contribution is -2.57. The number of benzene rings is 2. The van der Waals surface area contributed by atoms with Crippen LogP contribution in [0.15, 0.2) is 61.2 Å². The molecule has 240 valence electrons. The Balaban J connectivity index is 1.43. The van der Waals surface area contributed by atoms with E-state index in [2.05, 4.69) is 53.3 Å². The third-order valence-electron chi connectivity index (χ3n) is 9.03. The molecule has 0 spiro atoms. The number of rotatable bonds is 13. The van der Waals surface area contributed by atoms with Crippen LogP contribution in [0.25, 0.3) is 0 Å². The molecule has 1 unspecified atom stereocenters. The minimum atomic E-state index is -0.108. The molecule has 0 radical (unpaired) electrons. The summed E-state index contributed by atoms with van der Waals surface area (Å²) in [4.78, 5) is 34.8. The molecule has 0 saturated carbocycles. The van der Waals surface area contributed by atoms with E-state index in [1.807, 2.05) is 42.2 Å². The summed E-state index contributed by atoms with van der Waals surface area (Å²) in [7, 11) is 0. The second-order valence-electron chi connectivity index (χ2n) is 12.4. The van der Waals surface area contributed by atoms with Crippen molar-refractivity contribution in [2.75, 3.05) is 59.0 Å². The standard InChI is InChI=1S/C36H52N4O4/c1-5-18-39-26-29(4)40(27-28(39)3)35(31-14-11-16-33(41)25-31)30-13-10-15-32(24-30)36(43)38-21-12-20-37(22-23-38)19-9-7-8-17-34(42)44-6-2/h5,10-11,13-16,24-25,28-29,35,41H,1,6-9,12,17-23,26-27H2,2-4H3/t28-,29+,35?/m1/s1. The molecule has 4 rings (SSSR count). The lowest BCUT2D eigenvalue weighted by atomic mass is 9.92. The number of hydrogen-bond acceptors (Lipinski definition) is 7. The Kier molecular flexibility index (Phi) is 12.8. The van der Waals surface area contributed by atoms with Crippen molar-refractivity contribution in [1.29, 1.82) is 0 Å². The largest absolute Gasteiger partial charge is 0.508 e. The first-order chi connectivity index (χ1) is 21.3. The number of piperazine rings is 1. The molecule has 0 aromatic heterocycles. The molecule has 8 heteroatoms. The predicted octanol–water partition coefficient (Wildman–Crippen LogP) is 5.33. The van der Waals surface area contributed by atoms with Crippen LogP contribution in [0.2, 0.25) is 0 Å². The first-order valence-corrected chi connectivity index (χ1v) is 16.5. The number of hydrogen-bond donors (Lipinski definition) is 1. The van der Waals surface area contributed by atoms with Gasteiger partial charge >= 0.3 is 5.97 Å². The maximum atomic E-state index is 13.8. The van der Waals surface area contributed by atoms with E-state index in [9.17, 15) is 14.7 Å². The number of carbonyl (C=O) groups is 2. The minimum absolute atomic E-state index is 0.0787. The van der Waals surface area contributed by atoms with E-state index in [1.54, 1.807) is 6.07 Å². The highest BCUT2D eigenvalue weighted by atomic mass is 16.5. The lowest BCUT2D eigenvalue weighted by molar-refractivity contribution is -0.143. The number of amides is 1. The number of aromatic hydroxyl groups is 1. The van der Waals surface area contributed by atoms with Crippen LogP contribution < -0.4 is 0 Å². The van der Waals surface area contributed by atoms with E-state index < -0.39 is 0 Å². The lowest BCUT2D eigenvalue weighted by Gasteiger charge is -2.47. The number of phenols is 1. The summed E-state index contributed by atoms with van der Waals surface area (Å²) in [6.45, 7) is 17.7. The molecule has 1 amide bonds. The van der Waals surface area contributed by atoms with Crippen molar-refractivity contribution >= 4 is 11.9 Å². The second-order valence-corrected chi connectivity index (χ2v) is 12.4. The molecule has 2 aromatic carbocycles. The van der Waals surface area contributed by atoms with Crippen LogP contribution in [0.3, 0.4) is 0 Å². The van der Waals surface area contributed by atoms with Crippen molar-refractivity contribution < 1.29 is 19.4 Å². The van der Waals surface area contributed by atoms with Gasteiger partial charge in [0.15, 0.2) is 0 Å². The predicted molar refractivity (Wildman–Crippen MR) is 176 cm³/mol. The van der Waals surface area contributed by atoms with Crippen LogP contribution in [-0.2, 0) is 9.53 Å². The molecule has 2 fully saturated rings. The molecule has 2 saturated heterocycles. The fourth-order valence-corrected chi connectivity index (χ4v) is 6.71. The van der Waals surface area contributed by atoms with Gasteiger partial charge in [-0.25, -0.2) is 0 Å². The van der Waals surface area contributed by atoms with Gasteiger partial charge in [0.1, 0.15) is 5.75 Å². The number of ether oxygens (including phenoxy) is 1. The van der Waals surface area contributed by atoms with Gasteiger partial charge in [0.2, 0.25) is 0 Å². The first-order valence-electron chi connectivity index (χ1n) is 16.5. The maximum Gasteiger partial charge on any atom is 0.305 e. The number of carbonyl (C=O) groups excluding carboxylic acids is 2. The Hall–Kier alpha value is -3.20. The number of nitrogens with zero attached hydrogens (tertiary/aromatic N) is 4. The molecule has 0 aliphatic carbocycles. The number of unbranched alkanes of at least 4 members (excludes halogenated alkanes) is 2. The molecule has 44 heavy (non-hydrogen) atoms. The molecular weight excluding hydrogens is 552 g/mol. The molecular formula is C36H52N4O4. The Labute approximate surface area is 264 Å². The van der Waals surface area contributed by atoms with Crippen molar-refractivity contribution in [3.05, 3.63) is 77.9 Å². The van der Waals surface area contributed by atoms with Crippen LogP contribution in [0.4, 0.5) is 0 Å². The zero-order valence-corrected chi connectivity index (χ0v) is 27.0. The van der Waals surface area contributed by atoms with Gasteiger partial charge in [0.05, 0.1) is 12.6 Å². The van der Waals surface area contributed by atoms with E-state index in [1.165, 1.54) is 0 Å². The summed E-state index contributed by atoms with van der Waals surface area (Å²) < 4.78 is 5.02. The molecule has 0 bridgehead atoms. The van der Waals surface area contributed by atoms with Gasteiger partial charge in [-0.3, -0.25) is 19.4 Å². The molecule has 8 nitrogen and oxygen atoms in total. The van der Waals surface area contributed by atoms with Gasteiger partial charge in [-0.05, 0) is 88.5 Å². The van der Waals surface area contributed by atoms with Crippen molar-refractivity contribution in [2.45, 2.75) is 71.0 Å². The summed E-state index contributed by atoms with van der Waals surface area (Å²) in [5, 5.41) is 10.4. The third kappa shape index (κ3) is 9.16. The highest BCUT2D eigenvalue weighted by Gasteiger charge is 2.35. The van der Waals surface area contributed by atoms with Crippen molar-refractivity contribution in [3.63, 3.8) is 0 Å². The highest BCUT2D eigenvalue weighted by molar-refractivity contribution is 5.94. The first kappa shape index (κ1) is 33.7. The van der Waals surface area contributed by atoms with Gasteiger partial charge in [-0.15, -0.1) is 6.58 Å². The Morgan fingerprint density at radius 2 is 1.75 bits per heavy atom. The van der Waals surface area contributed by atoms with Crippen LogP contribution >= 0.6 is 0 Å². The summed E-state index contributed by atoms with van der Waals surface area (Å²) in [5.41, 5.74) is 2.81. The Morgan fingerprint density at radius 3 is 2.50 bits per heavy atom. The van der Waals surface area contributed by atoms with E-state index in [4.69, 9.17) is 4.74 Å². The van der Waals surface area contributed by atoms with Gasteiger partial charge in [-0.1, -0.05) is 36.8 Å². The van der Waals surface area contributed by atoms with E-state index in [-0.39, 0.29) is 29.7 Å². The van der Waals surface area contributed by atoms with Crippen LogP contribution in [-0.4, -0.2) is 108 Å². The summed E-state index contributed by atoms with van der Waals surface area (Å²) in [5.74, 6) is 0.220. The monoisotopic (exact) mass is 604 g/mol. The van der Waals surface area contributed by atoms with Crippen LogP contribution in [0.1, 0.15) is 80.4 Å². The fourth-order valence-electron chi connectivity index (χ4n) is 6.71. The smallest absolute Gasteiger partial charge is 0.305 e. The second kappa shape index (κ2) is 16.8. The quantitative estimate of drug-likeness (QED) is 0.188. The fraction of sp³-hybridized carbons (Fsp3) is 0.556. The summed E-state index contributed by atoms with van der Waals surface area (Å²) in [6.07, 6.45) is 6.32. The summed E-state index contributed by atoms with van der Waals surface area (Å²) in [6, 6.07) is 16.2. The van der Waals surface area contributed by atoms with E-state index in [0.717, 1.165) is 82.6 Å². The Bertz CT molecular complexity index is 1240. The van der Waals surface area contributed by atoms with E-state index in [0.29, 0.717) is 31.2 Å². The van der Waals surface area contributed by atoms with Crippen molar-refractivity contribution in [1.82, 2.24) is 19.6 Å². The third-order valence-corrected chi connectivity index (χ3v) is 9.03. The van der Waals surface area contributed by atoms with Gasteiger partial charge < -0.3 is 19.6 Å². The normalized spacial score (nSPS) is 21.0. The molecule has 1 N–H and O–H groups in total. The average molecular weight is 605 g/mol. The van der Waals surface area contributed by atoms with E-state index >= 15 is 0 Å². The number of phenolic OH excluding ortho intramolecular Hbond substituents is 1. The zero-order valence-electron chi connectivity index (χ0n) is 27.0. The molecule has 2 aliphatic heterocycles. The van der Waals surface area contributed by atoms with Crippen LogP contribution in [0.5, 0.6) is 5.75 Å². The number of esters is 1. The highest BCUT2D eigenvalue weighted by Crippen LogP contribution is 2.35. The van der Waals surface area contributed by atoms with Gasteiger partial charge in [0, 0.05) is 63.3 Å². The van der Waals surface area contributed by atoms with Gasteiger partial charge in [-0.2, -0.15) is 0 Å². The molecule has 2 aliphatic rings. The Morgan fingerprint density at radius 1 is 0.977 bits per heavy atom.